The van der Waals surface area contributed by atoms with E-state index in [1.165, 1.54) is 6.20 Å². The van der Waals surface area contributed by atoms with Crippen LogP contribution in [-0.4, -0.2) is 17.7 Å². The molecule has 1 aromatic rings. The highest BCUT2D eigenvalue weighted by molar-refractivity contribution is 5.67. The number of aromatic hydroxyl groups is 1. The normalized spacial score (nSPS) is 9.79. The van der Waals surface area contributed by atoms with Crippen molar-refractivity contribution in [3.63, 3.8) is 0 Å². The molecular formula is C10H14NO3+. The lowest BCUT2D eigenvalue weighted by Gasteiger charge is -1.99. The Morgan fingerprint density at radius 2 is 2.43 bits per heavy atom. The van der Waals surface area contributed by atoms with E-state index in [0.29, 0.717) is 6.61 Å². The van der Waals surface area contributed by atoms with Crippen LogP contribution < -0.4 is 4.57 Å². The van der Waals surface area contributed by atoms with Gasteiger partial charge in [0.15, 0.2) is 11.9 Å². The molecule has 0 aliphatic heterocycles. The fourth-order valence-corrected chi connectivity index (χ4v) is 1.02. The minimum Gasteiger partial charge on any atom is -0.503 e. The molecule has 0 bridgehead atoms. The van der Waals surface area contributed by atoms with Gasteiger partial charge in [-0.15, -0.1) is 0 Å². The minimum absolute atomic E-state index is 0.133. The second-order valence-electron chi connectivity index (χ2n) is 2.95. The summed E-state index contributed by atoms with van der Waals surface area (Å²) in [7, 11) is 0. The maximum absolute atomic E-state index is 11.2. The van der Waals surface area contributed by atoms with Crippen LogP contribution in [-0.2, 0) is 16.1 Å². The van der Waals surface area contributed by atoms with Crippen LogP contribution in [0.25, 0.3) is 0 Å². The fourth-order valence-electron chi connectivity index (χ4n) is 1.02. The van der Waals surface area contributed by atoms with Crippen molar-refractivity contribution in [3.8, 4) is 5.75 Å². The van der Waals surface area contributed by atoms with Crippen molar-refractivity contribution in [2.75, 3.05) is 6.61 Å². The van der Waals surface area contributed by atoms with E-state index >= 15 is 0 Å². The standard InChI is InChI=1S/C10H13NO3/c1-2-6-14-10(13)8-11-5-3-4-9(12)7-11/h3-5,7H,2,6,8H2,1H3/p+1. The summed E-state index contributed by atoms with van der Waals surface area (Å²) in [6, 6.07) is 3.22. The summed E-state index contributed by atoms with van der Waals surface area (Å²) in [6.45, 7) is 2.52. The van der Waals surface area contributed by atoms with Crippen molar-refractivity contribution in [2.45, 2.75) is 19.9 Å². The monoisotopic (exact) mass is 196 g/mol. The van der Waals surface area contributed by atoms with Crippen LogP contribution in [0.4, 0.5) is 0 Å². The highest BCUT2D eigenvalue weighted by atomic mass is 16.5. The van der Waals surface area contributed by atoms with Crippen molar-refractivity contribution < 1.29 is 19.2 Å². The molecule has 4 heteroatoms. The molecule has 0 fully saturated rings. The van der Waals surface area contributed by atoms with E-state index in [4.69, 9.17) is 9.84 Å². The molecule has 14 heavy (non-hydrogen) atoms. The Morgan fingerprint density at radius 3 is 3.07 bits per heavy atom. The van der Waals surface area contributed by atoms with Crippen LogP contribution in [0.3, 0.4) is 0 Å². The van der Waals surface area contributed by atoms with Crippen LogP contribution >= 0.6 is 0 Å². The van der Waals surface area contributed by atoms with Gasteiger partial charge in [-0.25, -0.2) is 4.79 Å². The highest BCUT2D eigenvalue weighted by Gasteiger charge is 2.10. The summed E-state index contributed by atoms with van der Waals surface area (Å²) in [5.41, 5.74) is 0. The van der Waals surface area contributed by atoms with E-state index in [2.05, 4.69) is 0 Å². The predicted octanol–water partition coefficient (Wildman–Crippen LogP) is 0.633. The van der Waals surface area contributed by atoms with E-state index in [1.54, 1.807) is 22.9 Å². The molecule has 0 aliphatic rings. The Hall–Kier alpha value is -1.58. The molecule has 4 nitrogen and oxygen atoms in total. The van der Waals surface area contributed by atoms with Crippen molar-refractivity contribution in [1.29, 1.82) is 0 Å². The first kappa shape index (κ1) is 10.5. The third-order valence-corrected chi connectivity index (χ3v) is 1.62. The summed E-state index contributed by atoms with van der Waals surface area (Å²) < 4.78 is 6.47. The molecule has 0 aromatic carbocycles. The molecule has 0 atom stereocenters. The molecule has 1 N–H and O–H groups in total. The summed E-state index contributed by atoms with van der Waals surface area (Å²) in [5.74, 6) is -0.154. The van der Waals surface area contributed by atoms with Crippen LogP contribution in [0.1, 0.15) is 13.3 Å². The van der Waals surface area contributed by atoms with Crippen LogP contribution in [0, 0.1) is 0 Å². The Kier molecular flexibility index (Phi) is 3.91. The quantitative estimate of drug-likeness (QED) is 0.567. The number of carbonyl (C=O) groups is 1. The molecule has 0 amide bonds. The molecule has 0 radical (unpaired) electrons. The third-order valence-electron chi connectivity index (χ3n) is 1.62. The first-order valence-corrected chi connectivity index (χ1v) is 4.56. The highest BCUT2D eigenvalue weighted by Crippen LogP contribution is 2.00. The molecule has 1 rings (SSSR count). The third kappa shape index (κ3) is 3.43. The minimum atomic E-state index is -0.289. The maximum Gasteiger partial charge on any atom is 0.372 e. The number of ether oxygens (including phenoxy) is 1. The number of hydrogen-bond acceptors (Lipinski definition) is 3. The lowest BCUT2D eigenvalue weighted by molar-refractivity contribution is -0.686. The number of pyridine rings is 1. The number of rotatable bonds is 4. The SMILES string of the molecule is CCCOC(=O)C[n+]1cccc(O)c1. The zero-order valence-electron chi connectivity index (χ0n) is 8.14. The number of esters is 1. The number of carbonyl (C=O) groups excluding carboxylic acids is 1. The summed E-state index contributed by atoms with van der Waals surface area (Å²) >= 11 is 0. The summed E-state index contributed by atoms with van der Waals surface area (Å²) in [6.07, 6.45) is 4.00. The van der Waals surface area contributed by atoms with Gasteiger partial charge >= 0.3 is 5.97 Å². The van der Waals surface area contributed by atoms with Gasteiger partial charge < -0.3 is 9.84 Å². The Bertz CT molecular complexity index is 312. The average Bonchev–Trinajstić information content (AvgIpc) is 2.15. The van der Waals surface area contributed by atoms with E-state index in [0.717, 1.165) is 6.42 Å². The van der Waals surface area contributed by atoms with E-state index < -0.39 is 0 Å². The molecule has 0 spiro atoms. The molecule has 1 heterocycles. The predicted molar refractivity (Wildman–Crippen MR) is 49.6 cm³/mol. The van der Waals surface area contributed by atoms with Gasteiger partial charge in [0.05, 0.1) is 6.61 Å². The van der Waals surface area contributed by atoms with Crippen molar-refractivity contribution in [1.82, 2.24) is 0 Å². The summed E-state index contributed by atoms with van der Waals surface area (Å²) in [5, 5.41) is 9.13. The van der Waals surface area contributed by atoms with Gasteiger partial charge in [0.1, 0.15) is 0 Å². The molecule has 0 saturated carbocycles. The number of nitrogens with zero attached hydrogens (tertiary/aromatic N) is 1. The second kappa shape index (κ2) is 5.21. The van der Waals surface area contributed by atoms with Crippen molar-refractivity contribution in [3.05, 3.63) is 24.5 Å². The number of hydrogen-bond donors (Lipinski definition) is 1. The smallest absolute Gasteiger partial charge is 0.372 e. The largest absolute Gasteiger partial charge is 0.503 e. The molecule has 0 saturated heterocycles. The lowest BCUT2D eigenvalue weighted by Crippen LogP contribution is -2.37. The Balaban J connectivity index is 2.47. The van der Waals surface area contributed by atoms with Gasteiger partial charge in [0.25, 0.3) is 0 Å². The van der Waals surface area contributed by atoms with Crippen LogP contribution in [0.2, 0.25) is 0 Å². The van der Waals surface area contributed by atoms with E-state index in [9.17, 15) is 4.79 Å². The molecule has 76 valence electrons. The van der Waals surface area contributed by atoms with E-state index in [1.807, 2.05) is 6.92 Å². The van der Waals surface area contributed by atoms with Crippen molar-refractivity contribution in [2.24, 2.45) is 0 Å². The molecular weight excluding hydrogens is 182 g/mol. The van der Waals surface area contributed by atoms with Gasteiger partial charge in [-0.1, -0.05) is 6.92 Å². The van der Waals surface area contributed by atoms with Gasteiger partial charge in [0, 0.05) is 6.07 Å². The Labute approximate surface area is 82.8 Å². The maximum atomic E-state index is 11.2. The topological polar surface area (TPSA) is 50.4 Å². The first-order chi connectivity index (χ1) is 6.72. The van der Waals surface area contributed by atoms with Gasteiger partial charge in [-0.05, 0) is 12.5 Å². The zero-order chi connectivity index (χ0) is 10.4. The number of aromatic nitrogens is 1. The van der Waals surface area contributed by atoms with Crippen molar-refractivity contribution >= 4 is 5.97 Å². The second-order valence-corrected chi connectivity index (χ2v) is 2.95. The zero-order valence-corrected chi connectivity index (χ0v) is 8.14. The van der Waals surface area contributed by atoms with Crippen LogP contribution in [0.15, 0.2) is 24.5 Å². The van der Waals surface area contributed by atoms with Gasteiger partial charge in [-0.3, -0.25) is 0 Å². The van der Waals surface area contributed by atoms with Crippen LogP contribution in [0.5, 0.6) is 5.75 Å². The molecule has 0 unspecified atom stereocenters. The molecule has 1 aromatic heterocycles. The summed E-state index contributed by atoms with van der Waals surface area (Å²) in [4.78, 5) is 11.2. The first-order valence-electron chi connectivity index (χ1n) is 4.56. The lowest BCUT2D eigenvalue weighted by atomic mass is 10.4. The molecule has 0 aliphatic carbocycles. The van der Waals surface area contributed by atoms with E-state index in [-0.39, 0.29) is 18.3 Å². The Morgan fingerprint density at radius 1 is 1.64 bits per heavy atom. The van der Waals surface area contributed by atoms with Gasteiger partial charge in [0.2, 0.25) is 12.7 Å². The average molecular weight is 196 g/mol. The van der Waals surface area contributed by atoms with Gasteiger partial charge in [-0.2, -0.15) is 4.57 Å². The fraction of sp³-hybridized carbons (Fsp3) is 0.400.